The second kappa shape index (κ2) is 6.08. The van der Waals surface area contributed by atoms with Crippen LogP contribution in [0.1, 0.15) is 15.9 Å². The van der Waals surface area contributed by atoms with Crippen molar-refractivity contribution in [3.8, 4) is 5.69 Å². The van der Waals surface area contributed by atoms with Gasteiger partial charge < -0.3 is 9.88 Å². The fourth-order valence-corrected chi connectivity index (χ4v) is 2.46. The molecule has 0 saturated heterocycles. The Bertz CT molecular complexity index is 810. The average Bonchev–Trinajstić information content (AvgIpc) is 3.04. The Labute approximate surface area is 134 Å². The number of rotatable bonds is 3. The van der Waals surface area contributed by atoms with E-state index in [-0.39, 0.29) is 5.91 Å². The van der Waals surface area contributed by atoms with Gasteiger partial charge in [-0.05, 0) is 48.9 Å². The lowest BCUT2D eigenvalue weighted by Gasteiger charge is -2.11. The number of aryl methyl sites for hydroxylation is 1. The maximum Gasteiger partial charge on any atom is 0.255 e. The van der Waals surface area contributed by atoms with Crippen molar-refractivity contribution in [2.24, 2.45) is 0 Å². The number of nitrogens with one attached hydrogen (secondary N) is 1. The molecule has 0 unspecified atom stereocenters. The molecule has 0 saturated carbocycles. The molecule has 1 N–H and O–H groups in total. The lowest BCUT2D eigenvalue weighted by molar-refractivity contribution is 0.102. The van der Waals surface area contributed by atoms with Gasteiger partial charge >= 0.3 is 0 Å². The number of halogens is 1. The van der Waals surface area contributed by atoms with Crippen molar-refractivity contribution < 1.29 is 4.79 Å². The molecule has 0 radical (unpaired) electrons. The molecule has 0 aliphatic heterocycles. The molecular formula is C18H15ClN2O. The monoisotopic (exact) mass is 310 g/mol. The number of nitrogens with zero attached hydrogens (tertiary/aromatic N) is 1. The number of aromatic nitrogens is 1. The van der Waals surface area contributed by atoms with Crippen molar-refractivity contribution in [1.29, 1.82) is 0 Å². The molecule has 4 heteroatoms. The fourth-order valence-electron chi connectivity index (χ4n) is 2.28. The summed E-state index contributed by atoms with van der Waals surface area (Å²) in [6.45, 7) is 2.02. The van der Waals surface area contributed by atoms with E-state index in [0.29, 0.717) is 16.3 Å². The minimum atomic E-state index is -0.179. The number of benzene rings is 2. The molecule has 3 rings (SSSR count). The predicted molar refractivity (Wildman–Crippen MR) is 89.9 cm³/mol. The Morgan fingerprint density at radius 1 is 1.05 bits per heavy atom. The van der Waals surface area contributed by atoms with Gasteiger partial charge in [-0.1, -0.05) is 29.8 Å². The van der Waals surface area contributed by atoms with Gasteiger partial charge in [0.25, 0.3) is 5.91 Å². The van der Waals surface area contributed by atoms with Gasteiger partial charge in [0.15, 0.2) is 0 Å². The Balaban J connectivity index is 1.91. The standard InChI is InChI=1S/C18H15ClN2O/c1-13-8-9-14(12-17(13)21-10-4-5-11-21)18(22)20-16-7-3-2-6-15(16)19/h2-12H,1H3,(H,20,22). The maximum atomic E-state index is 12.4. The van der Waals surface area contributed by atoms with Gasteiger partial charge in [-0.3, -0.25) is 4.79 Å². The number of hydrogen-bond donors (Lipinski definition) is 1. The summed E-state index contributed by atoms with van der Waals surface area (Å²) in [5.41, 5.74) is 3.29. The fraction of sp³-hybridized carbons (Fsp3) is 0.0556. The highest BCUT2D eigenvalue weighted by atomic mass is 35.5. The molecule has 0 aliphatic rings. The van der Waals surface area contributed by atoms with Crippen LogP contribution >= 0.6 is 11.6 Å². The van der Waals surface area contributed by atoms with E-state index in [0.717, 1.165) is 11.3 Å². The van der Waals surface area contributed by atoms with E-state index < -0.39 is 0 Å². The Hall–Kier alpha value is -2.52. The Morgan fingerprint density at radius 2 is 1.77 bits per heavy atom. The van der Waals surface area contributed by atoms with Crippen LogP contribution in [0.25, 0.3) is 5.69 Å². The minimum absolute atomic E-state index is 0.179. The zero-order chi connectivity index (χ0) is 15.5. The smallest absolute Gasteiger partial charge is 0.255 e. The van der Waals surface area contributed by atoms with E-state index >= 15 is 0 Å². The number of hydrogen-bond acceptors (Lipinski definition) is 1. The third kappa shape index (κ3) is 2.90. The summed E-state index contributed by atoms with van der Waals surface area (Å²) in [7, 11) is 0. The van der Waals surface area contributed by atoms with Crippen molar-refractivity contribution in [3.63, 3.8) is 0 Å². The van der Waals surface area contributed by atoms with Crippen molar-refractivity contribution in [2.45, 2.75) is 6.92 Å². The molecular weight excluding hydrogens is 296 g/mol. The molecule has 0 aliphatic carbocycles. The second-order valence-electron chi connectivity index (χ2n) is 5.03. The van der Waals surface area contributed by atoms with Gasteiger partial charge in [0.05, 0.1) is 10.7 Å². The summed E-state index contributed by atoms with van der Waals surface area (Å²) >= 11 is 6.07. The van der Waals surface area contributed by atoms with Crippen LogP contribution in [0.3, 0.4) is 0 Å². The largest absolute Gasteiger partial charge is 0.324 e. The summed E-state index contributed by atoms with van der Waals surface area (Å²) in [5, 5.41) is 3.36. The molecule has 0 spiro atoms. The lowest BCUT2D eigenvalue weighted by atomic mass is 10.1. The summed E-state index contributed by atoms with van der Waals surface area (Å²) in [4.78, 5) is 12.4. The van der Waals surface area contributed by atoms with E-state index in [1.807, 2.05) is 66.3 Å². The van der Waals surface area contributed by atoms with Gasteiger partial charge in [0.1, 0.15) is 0 Å². The van der Waals surface area contributed by atoms with Crippen LogP contribution in [0, 0.1) is 6.92 Å². The highest BCUT2D eigenvalue weighted by Gasteiger charge is 2.10. The van der Waals surface area contributed by atoms with Gasteiger partial charge in [0, 0.05) is 23.6 Å². The maximum absolute atomic E-state index is 12.4. The van der Waals surface area contributed by atoms with E-state index in [4.69, 9.17) is 11.6 Å². The number of para-hydroxylation sites is 1. The van der Waals surface area contributed by atoms with Crippen LogP contribution in [-0.4, -0.2) is 10.5 Å². The average molecular weight is 311 g/mol. The Kier molecular flexibility index (Phi) is 3.98. The van der Waals surface area contributed by atoms with Crippen LogP contribution in [0.5, 0.6) is 0 Å². The van der Waals surface area contributed by atoms with Gasteiger partial charge in [-0.25, -0.2) is 0 Å². The molecule has 0 fully saturated rings. The number of anilines is 1. The first-order chi connectivity index (χ1) is 10.6. The molecule has 0 atom stereocenters. The number of carbonyl (C=O) groups excluding carboxylic acids is 1. The predicted octanol–water partition coefficient (Wildman–Crippen LogP) is 4.69. The second-order valence-corrected chi connectivity index (χ2v) is 5.43. The molecule has 1 aromatic heterocycles. The first-order valence-corrected chi connectivity index (χ1v) is 7.33. The molecule has 0 bridgehead atoms. The summed E-state index contributed by atoms with van der Waals surface area (Å²) in [6.07, 6.45) is 3.91. The minimum Gasteiger partial charge on any atom is -0.324 e. The first kappa shape index (κ1) is 14.4. The normalized spacial score (nSPS) is 10.5. The SMILES string of the molecule is Cc1ccc(C(=O)Nc2ccccc2Cl)cc1-n1cccc1. The van der Waals surface area contributed by atoms with Crippen LogP contribution in [0.4, 0.5) is 5.69 Å². The van der Waals surface area contributed by atoms with Crippen molar-refractivity contribution >= 4 is 23.2 Å². The molecule has 1 amide bonds. The molecule has 1 heterocycles. The Morgan fingerprint density at radius 3 is 2.50 bits per heavy atom. The first-order valence-electron chi connectivity index (χ1n) is 6.95. The zero-order valence-corrected chi connectivity index (χ0v) is 12.8. The van der Waals surface area contributed by atoms with E-state index in [1.165, 1.54) is 0 Å². The zero-order valence-electron chi connectivity index (χ0n) is 12.1. The summed E-state index contributed by atoms with van der Waals surface area (Å²) in [6, 6.07) is 16.7. The van der Waals surface area contributed by atoms with Crippen molar-refractivity contribution in [2.75, 3.05) is 5.32 Å². The quantitative estimate of drug-likeness (QED) is 0.748. The third-order valence-electron chi connectivity index (χ3n) is 3.48. The van der Waals surface area contributed by atoms with Crippen molar-refractivity contribution in [3.05, 3.63) is 83.1 Å². The molecule has 110 valence electrons. The third-order valence-corrected chi connectivity index (χ3v) is 3.81. The topological polar surface area (TPSA) is 34.0 Å². The lowest BCUT2D eigenvalue weighted by Crippen LogP contribution is -2.13. The van der Waals surface area contributed by atoms with Crippen LogP contribution in [-0.2, 0) is 0 Å². The molecule has 22 heavy (non-hydrogen) atoms. The van der Waals surface area contributed by atoms with E-state index in [9.17, 15) is 4.79 Å². The number of amides is 1. The summed E-state index contributed by atoms with van der Waals surface area (Å²) in [5.74, 6) is -0.179. The van der Waals surface area contributed by atoms with Gasteiger partial charge in [0.2, 0.25) is 0 Å². The van der Waals surface area contributed by atoms with Gasteiger partial charge in [-0.15, -0.1) is 0 Å². The van der Waals surface area contributed by atoms with Gasteiger partial charge in [-0.2, -0.15) is 0 Å². The summed E-state index contributed by atoms with van der Waals surface area (Å²) < 4.78 is 1.99. The molecule has 3 aromatic rings. The highest BCUT2D eigenvalue weighted by molar-refractivity contribution is 6.33. The molecule has 2 aromatic carbocycles. The van der Waals surface area contributed by atoms with E-state index in [1.54, 1.807) is 12.1 Å². The van der Waals surface area contributed by atoms with Crippen LogP contribution < -0.4 is 5.32 Å². The van der Waals surface area contributed by atoms with Crippen LogP contribution in [0.15, 0.2) is 67.0 Å². The van der Waals surface area contributed by atoms with E-state index in [2.05, 4.69) is 5.32 Å². The number of carbonyl (C=O) groups is 1. The van der Waals surface area contributed by atoms with Crippen LogP contribution in [0.2, 0.25) is 5.02 Å². The van der Waals surface area contributed by atoms with Crippen molar-refractivity contribution in [1.82, 2.24) is 4.57 Å². The highest BCUT2D eigenvalue weighted by Crippen LogP contribution is 2.22. The molecule has 3 nitrogen and oxygen atoms in total.